The van der Waals surface area contributed by atoms with Gasteiger partial charge in [-0.05, 0) is 24.3 Å². The maximum atomic E-state index is 12.6. The summed E-state index contributed by atoms with van der Waals surface area (Å²) in [5.74, 6) is -1.14. The van der Waals surface area contributed by atoms with Gasteiger partial charge in [0.25, 0.3) is 11.7 Å². The molecule has 0 unspecified atom stereocenters. The number of hydrogen-bond donors (Lipinski definition) is 1. The zero-order valence-electron chi connectivity index (χ0n) is 16.5. The van der Waals surface area contributed by atoms with Gasteiger partial charge in [-0.3, -0.25) is 4.79 Å². The maximum absolute atomic E-state index is 12.6. The molecule has 160 valence electrons. The molecule has 0 aliphatic carbocycles. The molecule has 0 fully saturated rings. The van der Waals surface area contributed by atoms with Gasteiger partial charge >= 0.3 is 5.97 Å². The second-order valence-corrected chi connectivity index (χ2v) is 7.41. The minimum absolute atomic E-state index is 0.170. The van der Waals surface area contributed by atoms with Gasteiger partial charge in [-0.25, -0.2) is 14.5 Å². The Hall–Kier alpha value is -3.68. The van der Waals surface area contributed by atoms with Crippen molar-refractivity contribution in [3.05, 3.63) is 94.7 Å². The number of ether oxygens (including phenoxy) is 1. The van der Waals surface area contributed by atoms with E-state index in [1.807, 2.05) is 60.7 Å². The lowest BCUT2D eigenvalue weighted by Crippen LogP contribution is -2.21. The van der Waals surface area contributed by atoms with Crippen molar-refractivity contribution in [1.29, 1.82) is 0 Å². The van der Waals surface area contributed by atoms with E-state index in [0.29, 0.717) is 5.82 Å². The molecule has 9 heteroatoms. The number of para-hydroxylation sites is 2. The first-order chi connectivity index (χ1) is 15.5. The smallest absolute Gasteiger partial charge is 0.378 e. The fraction of sp³-hybridized carbons (Fsp3) is 0.0435. The third-order valence-electron chi connectivity index (χ3n) is 4.38. The van der Waals surface area contributed by atoms with E-state index in [1.165, 1.54) is 0 Å². The number of nitrogens with zero attached hydrogens (tertiary/aromatic N) is 3. The molecule has 1 amide bonds. The zero-order valence-corrected chi connectivity index (χ0v) is 18.0. The minimum Gasteiger partial charge on any atom is -0.450 e. The predicted molar refractivity (Wildman–Crippen MR) is 122 cm³/mol. The second-order valence-electron chi connectivity index (χ2n) is 6.59. The lowest BCUT2D eigenvalue weighted by molar-refractivity contribution is -0.119. The van der Waals surface area contributed by atoms with Crippen molar-refractivity contribution in [2.75, 3.05) is 11.9 Å². The van der Waals surface area contributed by atoms with Crippen molar-refractivity contribution < 1.29 is 14.3 Å². The van der Waals surface area contributed by atoms with E-state index >= 15 is 0 Å². The summed E-state index contributed by atoms with van der Waals surface area (Å²) in [7, 11) is 0. The molecule has 7 nitrogen and oxygen atoms in total. The van der Waals surface area contributed by atoms with Crippen LogP contribution in [0.5, 0.6) is 0 Å². The molecule has 0 bridgehead atoms. The maximum Gasteiger partial charge on any atom is 0.378 e. The highest BCUT2D eigenvalue weighted by atomic mass is 35.5. The molecular weight excluding hydrogens is 451 g/mol. The van der Waals surface area contributed by atoms with Crippen LogP contribution in [0.2, 0.25) is 10.0 Å². The van der Waals surface area contributed by atoms with Crippen LogP contribution < -0.4 is 5.32 Å². The van der Waals surface area contributed by atoms with Crippen molar-refractivity contribution in [2.24, 2.45) is 0 Å². The molecule has 0 spiro atoms. The summed E-state index contributed by atoms with van der Waals surface area (Å²) >= 11 is 12.1. The van der Waals surface area contributed by atoms with Crippen LogP contribution in [-0.2, 0) is 9.53 Å². The van der Waals surface area contributed by atoms with Gasteiger partial charge in [0.05, 0.1) is 21.4 Å². The molecule has 4 aromatic rings. The van der Waals surface area contributed by atoms with Crippen LogP contribution in [0.1, 0.15) is 10.6 Å². The summed E-state index contributed by atoms with van der Waals surface area (Å²) in [4.78, 5) is 29.1. The number of amides is 1. The van der Waals surface area contributed by atoms with Gasteiger partial charge in [0, 0.05) is 5.56 Å². The summed E-state index contributed by atoms with van der Waals surface area (Å²) in [5, 5.41) is 7.37. The largest absolute Gasteiger partial charge is 0.450 e. The molecule has 0 radical (unpaired) electrons. The Kier molecular flexibility index (Phi) is 6.49. The summed E-state index contributed by atoms with van der Waals surface area (Å²) in [6.45, 7) is -0.555. The topological polar surface area (TPSA) is 86.1 Å². The first kappa shape index (κ1) is 21.5. The van der Waals surface area contributed by atoms with Gasteiger partial charge in [0.1, 0.15) is 0 Å². The van der Waals surface area contributed by atoms with Crippen LogP contribution in [-0.4, -0.2) is 33.2 Å². The van der Waals surface area contributed by atoms with Crippen molar-refractivity contribution in [2.45, 2.75) is 0 Å². The van der Waals surface area contributed by atoms with Crippen LogP contribution in [0.4, 0.5) is 5.69 Å². The van der Waals surface area contributed by atoms with Gasteiger partial charge < -0.3 is 10.1 Å². The van der Waals surface area contributed by atoms with Gasteiger partial charge in [0.15, 0.2) is 12.4 Å². The lowest BCUT2D eigenvalue weighted by atomic mass is 10.2. The van der Waals surface area contributed by atoms with Gasteiger partial charge in [-0.1, -0.05) is 77.8 Å². The normalized spacial score (nSPS) is 10.6. The molecule has 1 heterocycles. The van der Waals surface area contributed by atoms with Crippen LogP contribution in [0, 0.1) is 0 Å². The predicted octanol–water partition coefficient (Wildman–Crippen LogP) is 5.04. The number of anilines is 1. The van der Waals surface area contributed by atoms with Crippen LogP contribution in [0.15, 0.2) is 78.9 Å². The van der Waals surface area contributed by atoms with Crippen molar-refractivity contribution >= 4 is 40.8 Å². The SMILES string of the molecule is O=C(COC(=O)c1nc(-c2ccccc2)n(-c2ccccc2)n1)Nc1c(Cl)cccc1Cl. The highest BCUT2D eigenvalue weighted by Gasteiger charge is 2.21. The van der Waals surface area contributed by atoms with E-state index in [0.717, 1.165) is 11.3 Å². The lowest BCUT2D eigenvalue weighted by Gasteiger charge is -2.08. The number of hydrogen-bond acceptors (Lipinski definition) is 5. The number of carbonyl (C=O) groups excluding carboxylic acids is 2. The van der Waals surface area contributed by atoms with Gasteiger partial charge in [-0.2, -0.15) is 0 Å². The molecule has 4 rings (SSSR count). The van der Waals surface area contributed by atoms with Crippen molar-refractivity contribution in [3.63, 3.8) is 0 Å². The van der Waals surface area contributed by atoms with E-state index in [-0.39, 0.29) is 21.6 Å². The van der Waals surface area contributed by atoms with Crippen LogP contribution >= 0.6 is 23.2 Å². The summed E-state index contributed by atoms with van der Waals surface area (Å²) < 4.78 is 6.66. The number of benzene rings is 3. The number of rotatable bonds is 6. The first-order valence-corrected chi connectivity index (χ1v) is 10.3. The number of carbonyl (C=O) groups is 2. The monoisotopic (exact) mass is 466 g/mol. The Morgan fingerprint density at radius 3 is 2.16 bits per heavy atom. The average molecular weight is 467 g/mol. The fourth-order valence-electron chi connectivity index (χ4n) is 2.91. The van der Waals surface area contributed by atoms with Crippen LogP contribution in [0.25, 0.3) is 17.1 Å². The highest BCUT2D eigenvalue weighted by molar-refractivity contribution is 6.39. The molecule has 0 saturated heterocycles. The van der Waals surface area contributed by atoms with E-state index < -0.39 is 18.5 Å². The molecule has 0 saturated carbocycles. The fourth-order valence-corrected chi connectivity index (χ4v) is 3.40. The van der Waals surface area contributed by atoms with Crippen LogP contribution in [0.3, 0.4) is 0 Å². The second kappa shape index (κ2) is 9.64. The average Bonchev–Trinajstić information content (AvgIpc) is 3.27. The molecule has 3 aromatic carbocycles. The van der Waals surface area contributed by atoms with E-state index in [9.17, 15) is 9.59 Å². The number of halogens is 2. The van der Waals surface area contributed by atoms with Gasteiger partial charge in [-0.15, -0.1) is 5.10 Å². The Morgan fingerprint density at radius 2 is 1.50 bits per heavy atom. The van der Waals surface area contributed by atoms with E-state index in [1.54, 1.807) is 22.9 Å². The molecule has 1 aromatic heterocycles. The Labute approximate surface area is 193 Å². The molecule has 1 N–H and O–H groups in total. The summed E-state index contributed by atoms with van der Waals surface area (Å²) in [6, 6.07) is 23.4. The molecule has 32 heavy (non-hydrogen) atoms. The number of aromatic nitrogens is 3. The molecular formula is C23H16Cl2N4O3. The minimum atomic E-state index is -0.836. The molecule has 0 atom stereocenters. The van der Waals surface area contributed by atoms with Crippen molar-refractivity contribution in [3.8, 4) is 17.1 Å². The van der Waals surface area contributed by atoms with E-state index in [2.05, 4.69) is 15.4 Å². The first-order valence-electron chi connectivity index (χ1n) is 9.52. The zero-order chi connectivity index (χ0) is 22.5. The quantitative estimate of drug-likeness (QED) is 0.402. The Bertz CT molecular complexity index is 1180. The third-order valence-corrected chi connectivity index (χ3v) is 5.01. The Balaban J connectivity index is 1.53. The highest BCUT2D eigenvalue weighted by Crippen LogP contribution is 2.29. The molecule has 0 aliphatic heterocycles. The number of nitrogens with one attached hydrogen (secondary N) is 1. The Morgan fingerprint density at radius 1 is 0.875 bits per heavy atom. The van der Waals surface area contributed by atoms with Crippen molar-refractivity contribution in [1.82, 2.24) is 14.8 Å². The number of esters is 1. The summed E-state index contributed by atoms with van der Waals surface area (Å²) in [5.41, 5.74) is 1.74. The van der Waals surface area contributed by atoms with E-state index in [4.69, 9.17) is 27.9 Å². The standard InChI is InChI=1S/C23H16Cl2N4O3/c24-17-12-7-13-18(25)20(17)26-19(30)14-32-23(31)21-27-22(15-8-3-1-4-9-15)29(28-21)16-10-5-2-6-11-16/h1-13H,14H2,(H,26,30). The van der Waals surface area contributed by atoms with Gasteiger partial charge in [0.2, 0.25) is 0 Å². The third kappa shape index (κ3) is 4.80. The molecule has 0 aliphatic rings. The summed E-state index contributed by atoms with van der Waals surface area (Å²) in [6.07, 6.45) is 0.